The first-order chi connectivity index (χ1) is 8.77. The third-order valence-electron chi connectivity index (χ3n) is 4.06. The van der Waals surface area contributed by atoms with Gasteiger partial charge in [-0.05, 0) is 43.6 Å². The zero-order chi connectivity index (χ0) is 12.8. The summed E-state index contributed by atoms with van der Waals surface area (Å²) in [5, 5.41) is 0. The Labute approximate surface area is 111 Å². The van der Waals surface area contributed by atoms with Gasteiger partial charge in [-0.2, -0.15) is 0 Å². The number of ether oxygens (including phenoxy) is 1. The van der Waals surface area contributed by atoms with E-state index >= 15 is 0 Å². The molecule has 1 aromatic carbocycles. The van der Waals surface area contributed by atoms with Crippen LogP contribution in [0.15, 0.2) is 30.3 Å². The average molecular weight is 247 g/mol. The molecule has 1 fully saturated rings. The minimum atomic E-state index is 0.258. The predicted octanol–water partition coefficient (Wildman–Crippen LogP) is 3.47. The summed E-state index contributed by atoms with van der Waals surface area (Å²) in [5.41, 5.74) is 7.64. The molecule has 2 nitrogen and oxygen atoms in total. The lowest BCUT2D eigenvalue weighted by Crippen LogP contribution is -2.27. The molecule has 0 bridgehead atoms. The minimum absolute atomic E-state index is 0.258. The molecule has 0 radical (unpaired) electrons. The van der Waals surface area contributed by atoms with E-state index < -0.39 is 0 Å². The number of nitrogens with two attached hydrogens (primary N) is 1. The first kappa shape index (κ1) is 13.6. The largest absolute Gasteiger partial charge is 0.378 e. The third-order valence-corrected chi connectivity index (χ3v) is 4.06. The second kappa shape index (κ2) is 6.91. The molecule has 18 heavy (non-hydrogen) atoms. The second-order valence-corrected chi connectivity index (χ2v) is 5.43. The van der Waals surface area contributed by atoms with E-state index in [1.807, 2.05) is 0 Å². The molecular weight excluding hydrogens is 222 g/mol. The van der Waals surface area contributed by atoms with Crippen molar-refractivity contribution in [1.82, 2.24) is 0 Å². The van der Waals surface area contributed by atoms with Crippen molar-refractivity contribution in [1.29, 1.82) is 0 Å². The number of hydrogen-bond donors (Lipinski definition) is 1. The van der Waals surface area contributed by atoms with Crippen LogP contribution in [0.1, 0.15) is 50.5 Å². The molecule has 2 rings (SSSR count). The predicted molar refractivity (Wildman–Crippen MR) is 75.7 cm³/mol. The monoisotopic (exact) mass is 247 g/mol. The van der Waals surface area contributed by atoms with E-state index in [1.54, 1.807) is 0 Å². The van der Waals surface area contributed by atoms with Crippen molar-refractivity contribution in [2.24, 2.45) is 5.73 Å². The molecule has 0 aliphatic carbocycles. The summed E-state index contributed by atoms with van der Waals surface area (Å²) in [6, 6.07) is 10.8. The quantitative estimate of drug-likeness (QED) is 0.835. The summed E-state index contributed by atoms with van der Waals surface area (Å²) in [7, 11) is 0. The van der Waals surface area contributed by atoms with Crippen LogP contribution in [0.5, 0.6) is 0 Å². The average Bonchev–Trinajstić information content (AvgIpc) is 2.92. The Morgan fingerprint density at radius 1 is 1.33 bits per heavy atom. The van der Waals surface area contributed by atoms with Gasteiger partial charge >= 0.3 is 0 Å². The molecule has 2 N–H and O–H groups in total. The number of rotatable bonds is 6. The third kappa shape index (κ3) is 3.82. The van der Waals surface area contributed by atoms with Crippen LogP contribution in [0.4, 0.5) is 0 Å². The van der Waals surface area contributed by atoms with Crippen molar-refractivity contribution in [3.63, 3.8) is 0 Å². The van der Waals surface area contributed by atoms with Crippen LogP contribution in [-0.2, 0) is 4.74 Å². The van der Waals surface area contributed by atoms with Crippen molar-refractivity contribution in [3.05, 3.63) is 35.9 Å². The SMILES string of the molecule is CC(c1ccccc1)C(N)CCCC1CCCO1. The van der Waals surface area contributed by atoms with Crippen molar-refractivity contribution < 1.29 is 4.74 Å². The van der Waals surface area contributed by atoms with Gasteiger partial charge in [0, 0.05) is 12.6 Å². The van der Waals surface area contributed by atoms with Crippen LogP contribution < -0.4 is 5.73 Å². The van der Waals surface area contributed by atoms with Crippen LogP contribution in [0, 0.1) is 0 Å². The standard InChI is InChI=1S/C16H25NO/c1-13(14-7-3-2-4-8-14)16(17)11-5-9-15-10-6-12-18-15/h2-4,7-8,13,15-16H,5-6,9-12,17H2,1H3. The highest BCUT2D eigenvalue weighted by Crippen LogP contribution is 2.23. The second-order valence-electron chi connectivity index (χ2n) is 5.43. The fourth-order valence-corrected chi connectivity index (χ4v) is 2.71. The number of benzene rings is 1. The van der Waals surface area contributed by atoms with Gasteiger partial charge in [0.2, 0.25) is 0 Å². The van der Waals surface area contributed by atoms with Gasteiger partial charge in [0.25, 0.3) is 0 Å². The maximum absolute atomic E-state index is 6.29. The maximum Gasteiger partial charge on any atom is 0.0576 e. The summed E-state index contributed by atoms with van der Waals surface area (Å²) < 4.78 is 5.64. The molecule has 1 aliphatic rings. The van der Waals surface area contributed by atoms with Gasteiger partial charge < -0.3 is 10.5 Å². The topological polar surface area (TPSA) is 35.2 Å². The van der Waals surface area contributed by atoms with Crippen molar-refractivity contribution in [2.75, 3.05) is 6.61 Å². The highest BCUT2D eigenvalue weighted by molar-refractivity contribution is 5.20. The molecule has 2 heteroatoms. The van der Waals surface area contributed by atoms with E-state index in [0.717, 1.165) is 13.0 Å². The zero-order valence-corrected chi connectivity index (χ0v) is 11.3. The Kier molecular flexibility index (Phi) is 5.21. The van der Waals surface area contributed by atoms with E-state index in [9.17, 15) is 0 Å². The Morgan fingerprint density at radius 3 is 2.78 bits per heavy atom. The van der Waals surface area contributed by atoms with E-state index in [1.165, 1.54) is 31.2 Å². The van der Waals surface area contributed by atoms with Gasteiger partial charge in [0.1, 0.15) is 0 Å². The lowest BCUT2D eigenvalue weighted by atomic mass is 9.90. The molecule has 0 aromatic heterocycles. The van der Waals surface area contributed by atoms with Gasteiger partial charge in [-0.1, -0.05) is 37.3 Å². The lowest BCUT2D eigenvalue weighted by Gasteiger charge is -2.21. The van der Waals surface area contributed by atoms with Gasteiger partial charge in [-0.3, -0.25) is 0 Å². The van der Waals surface area contributed by atoms with Crippen LogP contribution in [0.2, 0.25) is 0 Å². The van der Waals surface area contributed by atoms with Gasteiger partial charge in [0.15, 0.2) is 0 Å². The molecule has 1 aromatic rings. The zero-order valence-electron chi connectivity index (χ0n) is 11.3. The van der Waals surface area contributed by atoms with E-state index in [-0.39, 0.29) is 6.04 Å². The molecule has 3 unspecified atom stereocenters. The Bertz CT molecular complexity index is 332. The summed E-state index contributed by atoms with van der Waals surface area (Å²) in [5.74, 6) is 0.440. The summed E-state index contributed by atoms with van der Waals surface area (Å²) in [6.07, 6.45) is 6.43. The molecule has 1 heterocycles. The van der Waals surface area contributed by atoms with Crippen LogP contribution >= 0.6 is 0 Å². The Morgan fingerprint density at radius 2 is 2.11 bits per heavy atom. The Hall–Kier alpha value is -0.860. The highest BCUT2D eigenvalue weighted by Gasteiger charge is 2.18. The smallest absolute Gasteiger partial charge is 0.0576 e. The normalized spacial score (nSPS) is 22.9. The first-order valence-electron chi connectivity index (χ1n) is 7.19. The highest BCUT2D eigenvalue weighted by atomic mass is 16.5. The molecule has 0 saturated carbocycles. The molecule has 1 aliphatic heterocycles. The molecule has 100 valence electrons. The first-order valence-corrected chi connectivity index (χ1v) is 7.19. The van der Waals surface area contributed by atoms with Crippen LogP contribution in [-0.4, -0.2) is 18.8 Å². The molecule has 3 atom stereocenters. The molecule has 1 saturated heterocycles. The van der Waals surface area contributed by atoms with Crippen LogP contribution in [0.3, 0.4) is 0 Å². The summed E-state index contributed by atoms with van der Waals surface area (Å²) >= 11 is 0. The van der Waals surface area contributed by atoms with E-state index in [2.05, 4.69) is 37.3 Å². The van der Waals surface area contributed by atoms with Gasteiger partial charge in [-0.25, -0.2) is 0 Å². The summed E-state index contributed by atoms with van der Waals surface area (Å²) in [6.45, 7) is 3.18. The van der Waals surface area contributed by atoms with Crippen molar-refractivity contribution in [2.45, 2.75) is 57.1 Å². The fraction of sp³-hybridized carbons (Fsp3) is 0.625. The fourth-order valence-electron chi connectivity index (χ4n) is 2.71. The maximum atomic E-state index is 6.29. The molecule has 0 amide bonds. The lowest BCUT2D eigenvalue weighted by molar-refractivity contribution is 0.101. The van der Waals surface area contributed by atoms with Gasteiger partial charge in [-0.15, -0.1) is 0 Å². The van der Waals surface area contributed by atoms with E-state index in [0.29, 0.717) is 12.0 Å². The summed E-state index contributed by atoms with van der Waals surface area (Å²) in [4.78, 5) is 0. The molecular formula is C16H25NO. The van der Waals surface area contributed by atoms with E-state index in [4.69, 9.17) is 10.5 Å². The number of hydrogen-bond acceptors (Lipinski definition) is 2. The van der Waals surface area contributed by atoms with Gasteiger partial charge in [0.05, 0.1) is 6.10 Å². The van der Waals surface area contributed by atoms with Crippen molar-refractivity contribution >= 4 is 0 Å². The molecule has 0 spiro atoms. The van der Waals surface area contributed by atoms with Crippen molar-refractivity contribution in [3.8, 4) is 0 Å². The Balaban J connectivity index is 1.72. The minimum Gasteiger partial charge on any atom is -0.378 e. The van der Waals surface area contributed by atoms with Crippen LogP contribution in [0.25, 0.3) is 0 Å².